The zero-order valence-electron chi connectivity index (χ0n) is 13.7. The highest BCUT2D eigenvalue weighted by Gasteiger charge is 2.29. The van der Waals surface area contributed by atoms with Crippen molar-refractivity contribution in [1.29, 1.82) is 0 Å². The fourth-order valence-electron chi connectivity index (χ4n) is 2.99. The van der Waals surface area contributed by atoms with Gasteiger partial charge in [-0.15, -0.1) is 0 Å². The topological polar surface area (TPSA) is 90.7 Å². The fourth-order valence-corrected chi connectivity index (χ4v) is 2.99. The van der Waals surface area contributed by atoms with Gasteiger partial charge in [-0.1, -0.05) is 19.1 Å². The molecule has 0 spiro atoms. The summed E-state index contributed by atoms with van der Waals surface area (Å²) in [7, 11) is 1.49. The average Bonchev–Trinajstić information content (AvgIpc) is 2.88. The number of hydrogen-bond donors (Lipinski definition) is 2. The van der Waals surface area contributed by atoms with Crippen molar-refractivity contribution in [2.24, 2.45) is 11.7 Å². The Balaban J connectivity index is 1.91. The maximum atomic E-state index is 11.5. The first-order valence-electron chi connectivity index (χ1n) is 7.82. The standard InChI is InChI=1S/C18H20N2O4/c1-10-6-17(21)20-14(10)9-24-15-5-3-4-11-7-13(18(19)22)16(23-2)8-12(11)15/h3-5,7-8,10,14H,6,9H2,1-2H3,(H2,19,22)(H,20,21). The molecule has 1 saturated heterocycles. The second kappa shape index (κ2) is 6.39. The van der Waals surface area contributed by atoms with Crippen molar-refractivity contribution in [3.8, 4) is 11.5 Å². The molecule has 2 aromatic carbocycles. The van der Waals surface area contributed by atoms with Crippen LogP contribution in [0.3, 0.4) is 0 Å². The van der Waals surface area contributed by atoms with Gasteiger partial charge < -0.3 is 20.5 Å². The zero-order valence-corrected chi connectivity index (χ0v) is 13.7. The Morgan fingerprint density at radius 3 is 2.75 bits per heavy atom. The molecule has 6 nitrogen and oxygen atoms in total. The number of benzene rings is 2. The number of hydrogen-bond acceptors (Lipinski definition) is 4. The van der Waals surface area contributed by atoms with E-state index >= 15 is 0 Å². The number of carbonyl (C=O) groups excluding carboxylic acids is 2. The van der Waals surface area contributed by atoms with Gasteiger partial charge >= 0.3 is 0 Å². The number of carbonyl (C=O) groups is 2. The van der Waals surface area contributed by atoms with E-state index in [9.17, 15) is 9.59 Å². The van der Waals surface area contributed by atoms with Crippen LogP contribution in [-0.2, 0) is 4.79 Å². The number of amides is 2. The van der Waals surface area contributed by atoms with E-state index in [0.717, 1.165) is 10.8 Å². The van der Waals surface area contributed by atoms with Gasteiger partial charge in [-0.2, -0.15) is 0 Å². The van der Waals surface area contributed by atoms with Crippen LogP contribution in [0.5, 0.6) is 11.5 Å². The summed E-state index contributed by atoms with van der Waals surface area (Å²) >= 11 is 0. The number of primary amides is 1. The molecule has 1 fully saturated rings. The van der Waals surface area contributed by atoms with Gasteiger partial charge in [0.1, 0.15) is 18.1 Å². The molecule has 2 unspecified atom stereocenters. The zero-order chi connectivity index (χ0) is 17.3. The first kappa shape index (κ1) is 16.1. The van der Waals surface area contributed by atoms with Crippen LogP contribution in [0.15, 0.2) is 30.3 Å². The Morgan fingerprint density at radius 2 is 2.12 bits per heavy atom. The first-order valence-corrected chi connectivity index (χ1v) is 7.82. The summed E-state index contributed by atoms with van der Waals surface area (Å²) in [6, 6.07) is 9.04. The predicted molar refractivity (Wildman–Crippen MR) is 90.2 cm³/mol. The third kappa shape index (κ3) is 2.99. The molecule has 2 aromatic rings. The quantitative estimate of drug-likeness (QED) is 0.876. The molecule has 3 rings (SSSR count). The summed E-state index contributed by atoms with van der Waals surface area (Å²) in [6.45, 7) is 2.42. The van der Waals surface area contributed by atoms with E-state index in [0.29, 0.717) is 30.1 Å². The molecule has 1 aliphatic heterocycles. The van der Waals surface area contributed by atoms with Crippen LogP contribution in [0.2, 0.25) is 0 Å². The molecule has 24 heavy (non-hydrogen) atoms. The van der Waals surface area contributed by atoms with Crippen LogP contribution >= 0.6 is 0 Å². The largest absolute Gasteiger partial charge is 0.496 e. The van der Waals surface area contributed by atoms with Crippen LogP contribution in [-0.4, -0.2) is 31.6 Å². The summed E-state index contributed by atoms with van der Waals surface area (Å²) in [4.78, 5) is 23.0. The number of fused-ring (bicyclic) bond motifs is 1. The summed E-state index contributed by atoms with van der Waals surface area (Å²) in [5.41, 5.74) is 5.73. The van der Waals surface area contributed by atoms with Gasteiger partial charge in [-0.05, 0) is 29.5 Å². The smallest absolute Gasteiger partial charge is 0.252 e. The van der Waals surface area contributed by atoms with Gasteiger partial charge in [-0.3, -0.25) is 9.59 Å². The molecule has 0 aliphatic carbocycles. The maximum absolute atomic E-state index is 11.5. The highest BCUT2D eigenvalue weighted by atomic mass is 16.5. The minimum absolute atomic E-state index is 0.000422. The average molecular weight is 328 g/mol. The Hall–Kier alpha value is -2.76. The molecule has 0 bridgehead atoms. The van der Waals surface area contributed by atoms with Crippen LogP contribution in [0, 0.1) is 5.92 Å². The van der Waals surface area contributed by atoms with Gasteiger partial charge in [0.25, 0.3) is 5.91 Å². The minimum Gasteiger partial charge on any atom is -0.496 e. The first-order chi connectivity index (χ1) is 11.5. The molecule has 0 radical (unpaired) electrons. The summed E-state index contributed by atoms with van der Waals surface area (Å²) < 4.78 is 11.2. The van der Waals surface area contributed by atoms with Crippen LogP contribution in [0.4, 0.5) is 0 Å². The van der Waals surface area contributed by atoms with Crippen molar-refractivity contribution in [2.75, 3.05) is 13.7 Å². The number of nitrogens with one attached hydrogen (secondary N) is 1. The van der Waals surface area contributed by atoms with Gasteiger partial charge in [0.05, 0.1) is 18.7 Å². The van der Waals surface area contributed by atoms with E-state index in [-0.39, 0.29) is 17.9 Å². The van der Waals surface area contributed by atoms with Gasteiger partial charge in [0.15, 0.2) is 0 Å². The third-order valence-electron chi connectivity index (χ3n) is 4.38. The van der Waals surface area contributed by atoms with Gasteiger partial charge in [0.2, 0.25) is 5.91 Å². The normalized spacial score (nSPS) is 20.0. The lowest BCUT2D eigenvalue weighted by Crippen LogP contribution is -2.34. The van der Waals surface area contributed by atoms with Crippen molar-refractivity contribution < 1.29 is 19.1 Å². The third-order valence-corrected chi connectivity index (χ3v) is 4.38. The molecule has 0 aromatic heterocycles. The Kier molecular flexibility index (Phi) is 4.29. The monoisotopic (exact) mass is 328 g/mol. The minimum atomic E-state index is -0.539. The molecule has 0 saturated carbocycles. The van der Waals surface area contributed by atoms with E-state index in [1.807, 2.05) is 25.1 Å². The Bertz CT molecular complexity index is 803. The molecule has 1 heterocycles. The van der Waals surface area contributed by atoms with Crippen molar-refractivity contribution in [1.82, 2.24) is 5.32 Å². The highest BCUT2D eigenvalue weighted by molar-refractivity contribution is 6.02. The lowest BCUT2D eigenvalue weighted by molar-refractivity contribution is -0.119. The predicted octanol–water partition coefficient (Wildman–Crippen LogP) is 1.85. The summed E-state index contributed by atoms with van der Waals surface area (Å²) in [5, 5.41) is 4.59. The highest BCUT2D eigenvalue weighted by Crippen LogP contribution is 2.32. The number of nitrogens with two attached hydrogens (primary N) is 1. The lowest BCUT2D eigenvalue weighted by atomic mass is 10.0. The summed E-state index contributed by atoms with van der Waals surface area (Å²) in [6.07, 6.45) is 0.527. The van der Waals surface area contributed by atoms with Crippen molar-refractivity contribution in [3.05, 3.63) is 35.9 Å². The number of ether oxygens (including phenoxy) is 2. The molecule has 2 amide bonds. The van der Waals surface area contributed by atoms with E-state index < -0.39 is 5.91 Å². The van der Waals surface area contributed by atoms with Crippen molar-refractivity contribution >= 4 is 22.6 Å². The molecular formula is C18H20N2O4. The number of rotatable bonds is 5. The SMILES string of the molecule is COc1cc2c(OCC3NC(=O)CC3C)cccc2cc1C(N)=O. The van der Waals surface area contributed by atoms with E-state index in [1.54, 1.807) is 12.1 Å². The Labute approximate surface area is 139 Å². The van der Waals surface area contributed by atoms with Crippen molar-refractivity contribution in [2.45, 2.75) is 19.4 Å². The molecule has 2 atom stereocenters. The molecule has 126 valence electrons. The molecule has 1 aliphatic rings. The second-order valence-corrected chi connectivity index (χ2v) is 6.06. The van der Waals surface area contributed by atoms with Crippen LogP contribution in [0.1, 0.15) is 23.7 Å². The van der Waals surface area contributed by atoms with E-state index in [1.165, 1.54) is 7.11 Å². The number of methoxy groups -OCH3 is 1. The van der Waals surface area contributed by atoms with Gasteiger partial charge in [-0.25, -0.2) is 0 Å². The second-order valence-electron chi connectivity index (χ2n) is 6.06. The van der Waals surface area contributed by atoms with Crippen LogP contribution in [0.25, 0.3) is 10.8 Å². The molecule has 6 heteroatoms. The van der Waals surface area contributed by atoms with Gasteiger partial charge in [0, 0.05) is 11.8 Å². The maximum Gasteiger partial charge on any atom is 0.252 e. The van der Waals surface area contributed by atoms with E-state index in [2.05, 4.69) is 5.32 Å². The van der Waals surface area contributed by atoms with Crippen LogP contribution < -0.4 is 20.5 Å². The summed E-state index contributed by atoms with van der Waals surface area (Å²) in [5.74, 6) is 0.844. The van der Waals surface area contributed by atoms with Crippen molar-refractivity contribution in [3.63, 3.8) is 0 Å². The lowest BCUT2D eigenvalue weighted by Gasteiger charge is -2.17. The molecule has 3 N–H and O–H groups in total. The molecular weight excluding hydrogens is 308 g/mol. The van der Waals surface area contributed by atoms with E-state index in [4.69, 9.17) is 15.2 Å². The fraction of sp³-hybridized carbons (Fsp3) is 0.333. The Morgan fingerprint density at radius 1 is 1.33 bits per heavy atom.